The van der Waals surface area contributed by atoms with Crippen molar-refractivity contribution in [2.75, 3.05) is 0 Å². The minimum Gasteiger partial charge on any atom is -0.457 e. The predicted molar refractivity (Wildman–Crippen MR) is 90.8 cm³/mol. The van der Waals surface area contributed by atoms with Gasteiger partial charge in [-0.3, -0.25) is 4.79 Å². The van der Waals surface area contributed by atoms with Crippen LogP contribution in [-0.4, -0.2) is 18.6 Å². The summed E-state index contributed by atoms with van der Waals surface area (Å²) in [6.07, 6.45) is 1.54. The van der Waals surface area contributed by atoms with E-state index in [-0.39, 0.29) is 9.22 Å². The zero-order valence-corrected chi connectivity index (χ0v) is 13.9. The summed E-state index contributed by atoms with van der Waals surface area (Å²) in [6.45, 7) is 0. The topological polar surface area (TPSA) is 104 Å². The Morgan fingerprint density at radius 3 is 2.70 bits per heavy atom. The first-order chi connectivity index (χ1) is 10.8. The Morgan fingerprint density at radius 1 is 1.26 bits per heavy atom. The van der Waals surface area contributed by atoms with Crippen LogP contribution < -0.4 is 10.5 Å². The van der Waals surface area contributed by atoms with Gasteiger partial charge in [0.15, 0.2) is 4.32 Å². The molecule has 2 aromatic rings. The van der Waals surface area contributed by atoms with Crippen LogP contribution >= 0.6 is 24.0 Å². The third kappa shape index (κ3) is 3.53. The van der Waals surface area contributed by atoms with Gasteiger partial charge in [-0.2, -0.15) is 5.32 Å². The minimum absolute atomic E-state index is 0.00280. The highest BCUT2D eigenvalue weighted by Crippen LogP contribution is 2.30. The first-order valence-corrected chi connectivity index (χ1v) is 9.03. The average Bonchev–Trinajstić information content (AvgIpc) is 3.06. The molecule has 0 bridgehead atoms. The smallest absolute Gasteiger partial charge is 0.285 e. The van der Waals surface area contributed by atoms with E-state index in [1.807, 2.05) is 0 Å². The van der Waals surface area contributed by atoms with Crippen molar-refractivity contribution in [3.63, 3.8) is 0 Å². The van der Waals surface area contributed by atoms with Gasteiger partial charge < -0.3 is 4.42 Å². The van der Waals surface area contributed by atoms with E-state index in [2.05, 4.69) is 5.32 Å². The first kappa shape index (κ1) is 15.9. The van der Waals surface area contributed by atoms with E-state index >= 15 is 0 Å². The average molecular weight is 365 g/mol. The van der Waals surface area contributed by atoms with Gasteiger partial charge in [0.1, 0.15) is 11.5 Å². The summed E-state index contributed by atoms with van der Waals surface area (Å²) < 4.78 is 28.7. The fraction of sp³-hybridized carbons (Fsp3) is 0. The van der Waals surface area contributed by atoms with Gasteiger partial charge in [-0.1, -0.05) is 23.9 Å². The SMILES string of the molecule is NS(=O)(=O)c1cccc(-c2ccc(C=C3SC(=S)[N]C3=O)o2)c1. The second kappa shape index (κ2) is 5.93. The Hall–Kier alpha value is -1.94. The molecule has 2 N–H and O–H groups in total. The monoisotopic (exact) mass is 365 g/mol. The number of furan rings is 1. The number of primary sulfonamides is 1. The number of thioether (sulfide) groups is 1. The van der Waals surface area contributed by atoms with Gasteiger partial charge in [-0.05, 0) is 36.5 Å². The van der Waals surface area contributed by atoms with Crippen molar-refractivity contribution in [1.29, 1.82) is 0 Å². The molecular formula is C14H9N2O4S3. The number of carbonyl (C=O) groups excluding carboxylic acids is 1. The van der Waals surface area contributed by atoms with Gasteiger partial charge in [0, 0.05) is 11.6 Å². The number of thiocarbonyl (C=S) groups is 1. The summed E-state index contributed by atoms with van der Waals surface area (Å²) in [5.74, 6) is 0.503. The molecular weight excluding hydrogens is 356 g/mol. The summed E-state index contributed by atoms with van der Waals surface area (Å²) in [4.78, 5) is 11.9. The van der Waals surface area contributed by atoms with Gasteiger partial charge in [-0.25, -0.2) is 13.6 Å². The molecule has 23 heavy (non-hydrogen) atoms. The number of benzene rings is 1. The maximum absolute atomic E-state index is 11.6. The molecule has 2 heterocycles. The maximum atomic E-state index is 11.6. The molecule has 1 amide bonds. The second-order valence-electron chi connectivity index (χ2n) is 4.57. The number of amides is 1. The number of nitrogens with zero attached hydrogens (tertiary/aromatic N) is 1. The first-order valence-electron chi connectivity index (χ1n) is 6.25. The van der Waals surface area contributed by atoms with Crippen LogP contribution in [0.15, 0.2) is 50.6 Å². The standard InChI is InChI=1S/C14H9N2O4S3/c15-23(18,19)10-3-1-2-8(6-10)11-5-4-9(20-11)7-12-13(17)16-14(21)22-12/h1-7H,(H2,15,18,19). The molecule has 1 aromatic heterocycles. The fourth-order valence-electron chi connectivity index (χ4n) is 1.93. The third-order valence-corrected chi connectivity index (χ3v) is 4.98. The highest BCUT2D eigenvalue weighted by molar-refractivity contribution is 8.26. The van der Waals surface area contributed by atoms with E-state index in [0.717, 1.165) is 11.8 Å². The van der Waals surface area contributed by atoms with Crippen LogP contribution in [0.5, 0.6) is 0 Å². The van der Waals surface area contributed by atoms with Crippen LogP contribution in [0.1, 0.15) is 5.76 Å². The normalized spacial score (nSPS) is 16.8. The maximum Gasteiger partial charge on any atom is 0.285 e. The Bertz CT molecular complexity index is 944. The van der Waals surface area contributed by atoms with Crippen molar-refractivity contribution >= 4 is 50.3 Å². The minimum atomic E-state index is -3.79. The third-order valence-electron chi connectivity index (χ3n) is 2.95. The molecule has 0 atom stereocenters. The van der Waals surface area contributed by atoms with E-state index in [1.165, 1.54) is 12.1 Å². The number of carbonyl (C=O) groups is 1. The highest BCUT2D eigenvalue weighted by atomic mass is 32.2. The lowest BCUT2D eigenvalue weighted by Gasteiger charge is -2.01. The van der Waals surface area contributed by atoms with Crippen LogP contribution in [0.25, 0.3) is 17.4 Å². The van der Waals surface area contributed by atoms with E-state index in [9.17, 15) is 13.2 Å². The highest BCUT2D eigenvalue weighted by Gasteiger charge is 2.24. The summed E-state index contributed by atoms with van der Waals surface area (Å²) >= 11 is 5.96. The van der Waals surface area contributed by atoms with Crippen LogP contribution in [-0.2, 0) is 14.8 Å². The zero-order valence-electron chi connectivity index (χ0n) is 11.4. The van der Waals surface area contributed by atoms with Crippen LogP contribution in [0.4, 0.5) is 0 Å². The lowest BCUT2D eigenvalue weighted by atomic mass is 10.2. The largest absolute Gasteiger partial charge is 0.457 e. The molecule has 1 aromatic carbocycles. The Balaban J connectivity index is 1.93. The van der Waals surface area contributed by atoms with Crippen molar-refractivity contribution < 1.29 is 17.6 Å². The molecule has 0 spiro atoms. The molecule has 117 valence electrons. The van der Waals surface area contributed by atoms with E-state index < -0.39 is 15.9 Å². The van der Waals surface area contributed by atoms with E-state index in [0.29, 0.717) is 22.0 Å². The lowest BCUT2D eigenvalue weighted by Crippen LogP contribution is -2.11. The molecule has 1 radical (unpaired) electrons. The molecule has 3 rings (SSSR count). The van der Waals surface area contributed by atoms with Crippen molar-refractivity contribution in [3.05, 3.63) is 47.1 Å². The molecule has 6 nitrogen and oxygen atoms in total. The fourth-order valence-corrected chi connectivity index (χ4v) is 3.47. The van der Waals surface area contributed by atoms with Crippen LogP contribution in [0.2, 0.25) is 0 Å². The van der Waals surface area contributed by atoms with Crippen LogP contribution in [0, 0.1) is 0 Å². The van der Waals surface area contributed by atoms with Gasteiger partial charge in [0.25, 0.3) is 5.91 Å². The number of sulfonamides is 1. The molecule has 1 aliphatic heterocycles. The van der Waals surface area contributed by atoms with Gasteiger partial charge in [-0.15, -0.1) is 0 Å². The summed E-state index contributed by atoms with van der Waals surface area (Å²) in [6, 6.07) is 9.44. The van der Waals surface area contributed by atoms with Gasteiger partial charge in [0.05, 0.1) is 9.80 Å². The molecule has 1 fully saturated rings. The van der Waals surface area contributed by atoms with Crippen molar-refractivity contribution in [2.24, 2.45) is 5.14 Å². The zero-order chi connectivity index (χ0) is 16.6. The number of nitrogens with two attached hydrogens (primary N) is 1. The quantitative estimate of drug-likeness (QED) is 0.660. The molecule has 9 heteroatoms. The molecule has 0 saturated carbocycles. The Labute approximate surface area is 141 Å². The summed E-state index contributed by atoms with van der Waals surface area (Å²) in [5, 5.41) is 8.75. The summed E-state index contributed by atoms with van der Waals surface area (Å²) in [5.41, 5.74) is 0.562. The lowest BCUT2D eigenvalue weighted by molar-refractivity contribution is -0.115. The van der Waals surface area contributed by atoms with Gasteiger partial charge in [0.2, 0.25) is 10.0 Å². The number of hydrogen-bond donors (Lipinski definition) is 1. The van der Waals surface area contributed by atoms with E-state index in [1.54, 1.807) is 30.3 Å². The molecule has 0 aliphatic carbocycles. The molecule has 0 unspecified atom stereocenters. The second-order valence-corrected chi connectivity index (χ2v) is 7.81. The van der Waals surface area contributed by atoms with Crippen LogP contribution in [0.3, 0.4) is 0 Å². The van der Waals surface area contributed by atoms with E-state index in [4.69, 9.17) is 21.8 Å². The number of hydrogen-bond acceptors (Lipinski definition) is 6. The Kier molecular flexibility index (Phi) is 4.11. The predicted octanol–water partition coefficient (Wildman–Crippen LogP) is 2.10. The Morgan fingerprint density at radius 2 is 2.04 bits per heavy atom. The van der Waals surface area contributed by atoms with Crippen molar-refractivity contribution in [1.82, 2.24) is 5.32 Å². The molecule has 1 saturated heterocycles. The number of rotatable bonds is 3. The van der Waals surface area contributed by atoms with Gasteiger partial charge >= 0.3 is 0 Å². The molecule has 1 aliphatic rings. The van der Waals surface area contributed by atoms with Crippen molar-refractivity contribution in [3.8, 4) is 11.3 Å². The van der Waals surface area contributed by atoms with Crippen molar-refractivity contribution in [2.45, 2.75) is 4.90 Å². The summed E-state index contributed by atoms with van der Waals surface area (Å²) in [7, 11) is -3.79.